The van der Waals surface area contributed by atoms with Crippen LogP contribution in [0.1, 0.15) is 18.6 Å². The van der Waals surface area contributed by atoms with Crippen LogP contribution in [0.3, 0.4) is 0 Å². The number of carbonyl (C=O) groups excluding carboxylic acids is 2. The van der Waals surface area contributed by atoms with Crippen molar-refractivity contribution in [3.63, 3.8) is 0 Å². The van der Waals surface area contributed by atoms with Gasteiger partial charge in [-0.25, -0.2) is 0 Å². The number of rotatable bonds is 4. The summed E-state index contributed by atoms with van der Waals surface area (Å²) in [6.45, 7) is 1.30. The summed E-state index contributed by atoms with van der Waals surface area (Å²) in [5.41, 5.74) is 0.677. The summed E-state index contributed by atoms with van der Waals surface area (Å²) in [5, 5.41) is -0.211. The summed E-state index contributed by atoms with van der Waals surface area (Å²) >= 11 is 1.07. The first-order valence-electron chi connectivity index (χ1n) is 6.16. The van der Waals surface area contributed by atoms with Gasteiger partial charge in [0.15, 0.2) is 6.10 Å². The second kappa shape index (κ2) is 6.91. The molecule has 0 saturated carbocycles. The van der Waals surface area contributed by atoms with E-state index in [9.17, 15) is 9.59 Å². The molecule has 1 atom stereocenters. The molecule has 3 nitrogen and oxygen atoms in total. The second-order valence-corrected chi connectivity index (χ2v) is 5.21. The van der Waals surface area contributed by atoms with E-state index in [1.54, 1.807) is 12.1 Å². The van der Waals surface area contributed by atoms with Crippen LogP contribution in [-0.2, 0) is 14.3 Å². The third-order valence-electron chi connectivity index (χ3n) is 2.56. The minimum absolute atomic E-state index is 0.211. The van der Waals surface area contributed by atoms with E-state index < -0.39 is 12.1 Å². The maximum Gasteiger partial charge on any atom is 0.303 e. The van der Waals surface area contributed by atoms with Gasteiger partial charge in [0.05, 0.1) is 0 Å². The molecule has 0 radical (unpaired) electrons. The smallest absolute Gasteiger partial charge is 0.303 e. The summed E-state index contributed by atoms with van der Waals surface area (Å²) < 4.78 is 5.16. The Bertz CT molecular complexity index is 581. The standard InChI is InChI=1S/C16H14O3S/c1-12(17)19-15(13-8-4-2-5-9-13)16(18)20-14-10-6-3-7-11-14/h2-11,15H,1H3. The Balaban J connectivity index is 2.18. The molecule has 0 heterocycles. The topological polar surface area (TPSA) is 43.4 Å². The van der Waals surface area contributed by atoms with Crippen LogP contribution < -0.4 is 0 Å². The highest BCUT2D eigenvalue weighted by Gasteiger charge is 2.24. The minimum atomic E-state index is -0.876. The summed E-state index contributed by atoms with van der Waals surface area (Å²) in [6, 6.07) is 18.3. The van der Waals surface area contributed by atoms with Gasteiger partial charge in [-0.2, -0.15) is 0 Å². The van der Waals surface area contributed by atoms with Gasteiger partial charge >= 0.3 is 5.97 Å². The molecule has 0 aliphatic heterocycles. The van der Waals surface area contributed by atoms with Gasteiger partial charge in [-0.05, 0) is 23.9 Å². The van der Waals surface area contributed by atoms with Crippen molar-refractivity contribution in [3.05, 3.63) is 66.2 Å². The van der Waals surface area contributed by atoms with Crippen molar-refractivity contribution in [1.29, 1.82) is 0 Å². The summed E-state index contributed by atoms with van der Waals surface area (Å²) in [4.78, 5) is 24.4. The highest BCUT2D eigenvalue weighted by Crippen LogP contribution is 2.28. The van der Waals surface area contributed by atoms with E-state index in [-0.39, 0.29) is 5.12 Å². The number of esters is 1. The van der Waals surface area contributed by atoms with Gasteiger partial charge in [0.25, 0.3) is 0 Å². The van der Waals surface area contributed by atoms with Gasteiger partial charge in [-0.15, -0.1) is 0 Å². The van der Waals surface area contributed by atoms with E-state index in [1.807, 2.05) is 48.5 Å². The second-order valence-electron chi connectivity index (χ2n) is 4.13. The molecule has 0 bridgehead atoms. The van der Waals surface area contributed by atoms with E-state index in [1.165, 1.54) is 6.92 Å². The minimum Gasteiger partial charge on any atom is -0.449 e. The molecule has 0 aromatic heterocycles. The molecule has 0 aliphatic carbocycles. The number of hydrogen-bond donors (Lipinski definition) is 0. The van der Waals surface area contributed by atoms with E-state index in [0.717, 1.165) is 16.7 Å². The molecular formula is C16H14O3S. The maximum absolute atomic E-state index is 12.3. The first kappa shape index (κ1) is 14.3. The molecule has 20 heavy (non-hydrogen) atoms. The quantitative estimate of drug-likeness (QED) is 0.636. The molecule has 0 N–H and O–H groups in total. The highest BCUT2D eigenvalue weighted by atomic mass is 32.2. The normalized spacial score (nSPS) is 11.7. The molecular weight excluding hydrogens is 272 g/mol. The van der Waals surface area contributed by atoms with Gasteiger partial charge < -0.3 is 4.74 Å². The van der Waals surface area contributed by atoms with Crippen LogP contribution in [-0.4, -0.2) is 11.1 Å². The maximum atomic E-state index is 12.3. The Morgan fingerprint density at radius 3 is 2.05 bits per heavy atom. The molecule has 0 aliphatic rings. The van der Waals surface area contributed by atoms with Crippen molar-refractivity contribution in [2.45, 2.75) is 17.9 Å². The number of thioether (sulfide) groups is 1. The molecule has 0 saturated heterocycles. The molecule has 1 unspecified atom stereocenters. The fourth-order valence-electron chi connectivity index (χ4n) is 1.70. The Labute approximate surface area is 122 Å². The fraction of sp³-hybridized carbons (Fsp3) is 0.125. The van der Waals surface area contributed by atoms with Crippen LogP contribution in [0.4, 0.5) is 0 Å². The molecule has 2 aromatic carbocycles. The fourth-order valence-corrected chi connectivity index (χ4v) is 2.52. The van der Waals surface area contributed by atoms with Crippen LogP contribution in [0, 0.1) is 0 Å². The average molecular weight is 286 g/mol. The van der Waals surface area contributed by atoms with Gasteiger partial charge in [-0.1, -0.05) is 48.5 Å². The van der Waals surface area contributed by atoms with Crippen LogP contribution in [0.25, 0.3) is 0 Å². The van der Waals surface area contributed by atoms with Gasteiger partial charge in [0.2, 0.25) is 5.12 Å². The molecule has 4 heteroatoms. The summed E-state index contributed by atoms with van der Waals surface area (Å²) in [5.74, 6) is -0.471. The molecule has 2 rings (SSSR count). The highest BCUT2D eigenvalue weighted by molar-refractivity contribution is 8.13. The van der Waals surface area contributed by atoms with Crippen molar-refractivity contribution >= 4 is 22.8 Å². The Morgan fingerprint density at radius 1 is 0.950 bits per heavy atom. The van der Waals surface area contributed by atoms with Crippen molar-refractivity contribution in [2.75, 3.05) is 0 Å². The number of carbonyl (C=O) groups is 2. The SMILES string of the molecule is CC(=O)OC(C(=O)Sc1ccccc1)c1ccccc1. The Morgan fingerprint density at radius 2 is 1.50 bits per heavy atom. The van der Waals surface area contributed by atoms with Gasteiger partial charge in [-0.3, -0.25) is 9.59 Å². The molecule has 102 valence electrons. The third-order valence-corrected chi connectivity index (χ3v) is 3.48. The predicted molar refractivity (Wildman–Crippen MR) is 78.3 cm³/mol. The first-order valence-corrected chi connectivity index (χ1v) is 6.97. The Hall–Kier alpha value is -2.07. The summed E-state index contributed by atoms with van der Waals surface area (Å²) in [6.07, 6.45) is -0.876. The molecule has 0 amide bonds. The largest absolute Gasteiger partial charge is 0.449 e. The van der Waals surface area contributed by atoms with Crippen molar-refractivity contribution in [1.82, 2.24) is 0 Å². The predicted octanol–water partition coefficient (Wildman–Crippen LogP) is 3.61. The van der Waals surface area contributed by atoms with Crippen LogP contribution in [0.2, 0.25) is 0 Å². The van der Waals surface area contributed by atoms with Crippen LogP contribution in [0.15, 0.2) is 65.6 Å². The lowest BCUT2D eigenvalue weighted by Crippen LogP contribution is -2.16. The monoisotopic (exact) mass is 286 g/mol. The zero-order chi connectivity index (χ0) is 14.4. The van der Waals surface area contributed by atoms with E-state index >= 15 is 0 Å². The number of ether oxygens (including phenoxy) is 1. The third kappa shape index (κ3) is 3.96. The molecule has 0 spiro atoms. The van der Waals surface area contributed by atoms with E-state index in [2.05, 4.69) is 0 Å². The number of benzene rings is 2. The number of hydrogen-bond acceptors (Lipinski definition) is 4. The van der Waals surface area contributed by atoms with Crippen molar-refractivity contribution < 1.29 is 14.3 Å². The lowest BCUT2D eigenvalue weighted by molar-refractivity contribution is -0.150. The van der Waals surface area contributed by atoms with Gasteiger partial charge in [0, 0.05) is 17.4 Å². The summed E-state index contributed by atoms with van der Waals surface area (Å²) in [7, 11) is 0. The van der Waals surface area contributed by atoms with Crippen molar-refractivity contribution in [2.24, 2.45) is 0 Å². The van der Waals surface area contributed by atoms with Crippen LogP contribution >= 0.6 is 11.8 Å². The van der Waals surface area contributed by atoms with Crippen molar-refractivity contribution in [3.8, 4) is 0 Å². The van der Waals surface area contributed by atoms with E-state index in [0.29, 0.717) is 5.56 Å². The van der Waals surface area contributed by atoms with E-state index in [4.69, 9.17) is 4.74 Å². The first-order chi connectivity index (χ1) is 9.66. The average Bonchev–Trinajstić information content (AvgIpc) is 2.46. The lowest BCUT2D eigenvalue weighted by atomic mass is 10.1. The Kier molecular flexibility index (Phi) is 4.96. The lowest BCUT2D eigenvalue weighted by Gasteiger charge is -2.15. The zero-order valence-corrected chi connectivity index (χ0v) is 11.8. The van der Waals surface area contributed by atoms with Gasteiger partial charge in [0.1, 0.15) is 0 Å². The molecule has 2 aromatic rings. The zero-order valence-electron chi connectivity index (χ0n) is 11.0. The van der Waals surface area contributed by atoms with Crippen LogP contribution in [0.5, 0.6) is 0 Å². The molecule has 0 fully saturated rings.